The van der Waals surface area contributed by atoms with E-state index in [2.05, 4.69) is 118 Å². The van der Waals surface area contributed by atoms with Crippen molar-refractivity contribution in [3.63, 3.8) is 0 Å². The molecular formula is C18H54SeSi8. The Bertz CT molecular complexity index is 398. The summed E-state index contributed by atoms with van der Waals surface area (Å²) in [5, 5.41) is -2.44. The summed E-state index contributed by atoms with van der Waals surface area (Å²) in [4.78, 5) is 0. The monoisotopic (exact) mass is 574 g/mol. The van der Waals surface area contributed by atoms with Crippen molar-refractivity contribution in [3.05, 3.63) is 0 Å². The third-order valence-corrected chi connectivity index (χ3v) is 250. The summed E-state index contributed by atoms with van der Waals surface area (Å²) in [7, 11) is -6.97. The van der Waals surface area contributed by atoms with Crippen molar-refractivity contribution < 1.29 is 0 Å². The van der Waals surface area contributed by atoms with E-state index in [1.165, 1.54) is 0 Å². The quantitative estimate of drug-likeness (QED) is 0.272. The molecule has 0 saturated carbocycles. The first kappa shape index (κ1) is 29.3. The predicted octanol–water partition coefficient (Wildman–Crippen LogP) is 7.08. The van der Waals surface area contributed by atoms with Crippen molar-refractivity contribution in [1.82, 2.24) is 0 Å². The van der Waals surface area contributed by atoms with Crippen LogP contribution in [-0.2, 0) is 0 Å². The van der Waals surface area contributed by atoms with Gasteiger partial charge in [0.2, 0.25) is 0 Å². The van der Waals surface area contributed by atoms with Crippen LogP contribution in [0, 0.1) is 0 Å². The summed E-state index contributed by atoms with van der Waals surface area (Å²) in [6, 6.07) is 0. The van der Waals surface area contributed by atoms with E-state index in [1.54, 1.807) is 0 Å². The molecule has 0 aliphatic heterocycles. The van der Waals surface area contributed by atoms with Crippen molar-refractivity contribution in [2.24, 2.45) is 0 Å². The second kappa shape index (κ2) is 7.99. The molecule has 9 heteroatoms. The zero-order valence-corrected chi connectivity index (χ0v) is 32.1. The third kappa shape index (κ3) is 5.03. The van der Waals surface area contributed by atoms with Crippen molar-refractivity contribution in [2.45, 2.75) is 118 Å². The summed E-state index contributed by atoms with van der Waals surface area (Å²) < 4.78 is 0. The first-order valence-corrected chi connectivity index (χ1v) is 46.9. The maximum atomic E-state index is 2.84. The fraction of sp³-hybridized carbons (Fsp3) is 1.00. The minimum absolute atomic E-state index is 1.05. The van der Waals surface area contributed by atoms with E-state index in [-0.39, 0.29) is 0 Å². The Balaban J connectivity index is 7.45. The Labute approximate surface area is 186 Å². The Morgan fingerprint density at radius 3 is 0.444 bits per heavy atom. The summed E-state index contributed by atoms with van der Waals surface area (Å²) in [6.07, 6.45) is 0. The molecule has 0 bridgehead atoms. The van der Waals surface area contributed by atoms with Crippen LogP contribution in [0.3, 0.4) is 0 Å². The van der Waals surface area contributed by atoms with Crippen LogP contribution in [0.1, 0.15) is 0 Å². The van der Waals surface area contributed by atoms with E-state index in [0.717, 1.165) is 13.7 Å². The van der Waals surface area contributed by atoms with Crippen LogP contribution in [0.2, 0.25) is 118 Å². The second-order valence-electron chi connectivity index (χ2n) is 15.0. The molecule has 0 nitrogen and oxygen atoms in total. The van der Waals surface area contributed by atoms with Crippen LogP contribution in [0.25, 0.3) is 0 Å². The van der Waals surface area contributed by atoms with E-state index < -0.39 is 56.0 Å². The van der Waals surface area contributed by atoms with Crippen LogP contribution in [0.5, 0.6) is 0 Å². The Morgan fingerprint density at radius 1 is 0.259 bits per heavy atom. The van der Waals surface area contributed by atoms with Gasteiger partial charge >= 0.3 is 188 Å². The molecule has 0 unspecified atom stereocenters. The van der Waals surface area contributed by atoms with Crippen LogP contribution in [0.15, 0.2) is 0 Å². The SMILES string of the molecule is C[Si](C)(C)[Si]([Se][Si]([Si](C)(C)C)([Si](C)(C)C)[Si](C)(C)C)([Si](C)(C)C)[Si](C)(C)C. The molecule has 0 fully saturated rings. The van der Waals surface area contributed by atoms with Gasteiger partial charge in [-0.15, -0.1) is 0 Å². The normalized spacial score (nSPS) is 16.7. The number of rotatable bonds is 8. The van der Waals surface area contributed by atoms with Gasteiger partial charge in [0, 0.05) is 0 Å². The molecule has 27 heavy (non-hydrogen) atoms. The Kier molecular flexibility index (Phi) is 8.66. The molecule has 0 radical (unpaired) electrons. The molecular weight excluding hydrogens is 520 g/mol. The Morgan fingerprint density at radius 2 is 0.370 bits per heavy atom. The van der Waals surface area contributed by atoms with Crippen molar-refractivity contribution in [1.29, 1.82) is 0 Å². The molecule has 0 aromatic carbocycles. The van der Waals surface area contributed by atoms with Gasteiger partial charge in [-0.25, -0.2) is 0 Å². The van der Waals surface area contributed by atoms with Gasteiger partial charge in [0.25, 0.3) is 0 Å². The second-order valence-corrected chi connectivity index (χ2v) is 121. The molecule has 0 N–H and O–H groups in total. The summed E-state index contributed by atoms with van der Waals surface area (Å²) >= 11 is 1.05. The standard InChI is InChI=1S/C18H54SeSi8/c1-20(2,3)26(21(4,5)6,22(7,8)9)19-27(23(10,11)12,24(13,14)15)25(16,17)18/h1-18H3. The predicted molar refractivity (Wildman–Crippen MR) is 157 cm³/mol. The maximum absolute atomic E-state index is 2.84. The summed E-state index contributed by atoms with van der Waals surface area (Å²) in [6.45, 7) is 51.2. The van der Waals surface area contributed by atoms with Gasteiger partial charge in [0.15, 0.2) is 0 Å². The topological polar surface area (TPSA) is 0 Å². The van der Waals surface area contributed by atoms with Crippen LogP contribution < -0.4 is 0 Å². The molecule has 0 aromatic heterocycles. The van der Waals surface area contributed by atoms with E-state index in [9.17, 15) is 0 Å². The zero-order valence-electron chi connectivity index (χ0n) is 22.4. The fourth-order valence-electron chi connectivity index (χ4n) is 7.90. The molecule has 0 amide bonds. The van der Waals surface area contributed by atoms with E-state index in [4.69, 9.17) is 0 Å². The minimum atomic E-state index is -1.22. The van der Waals surface area contributed by atoms with E-state index in [1.807, 2.05) is 0 Å². The van der Waals surface area contributed by atoms with Crippen molar-refractivity contribution in [3.8, 4) is 0 Å². The van der Waals surface area contributed by atoms with E-state index >= 15 is 0 Å². The molecule has 0 spiro atoms. The van der Waals surface area contributed by atoms with Gasteiger partial charge in [0.1, 0.15) is 0 Å². The molecule has 0 saturated heterocycles. The van der Waals surface area contributed by atoms with Crippen LogP contribution in [-0.4, -0.2) is 69.7 Å². The summed E-state index contributed by atoms with van der Waals surface area (Å²) in [5.74, 6) is 0. The molecule has 0 atom stereocenters. The third-order valence-electron chi connectivity index (χ3n) is 6.64. The zero-order chi connectivity index (χ0) is 22.7. The molecule has 164 valence electrons. The first-order valence-electron chi connectivity index (χ1n) is 10.9. The molecule has 0 aromatic rings. The van der Waals surface area contributed by atoms with Crippen LogP contribution >= 0.6 is 0 Å². The van der Waals surface area contributed by atoms with Crippen molar-refractivity contribution in [2.75, 3.05) is 0 Å². The number of hydrogen-bond donors (Lipinski definition) is 0. The summed E-state index contributed by atoms with van der Waals surface area (Å²) in [5.41, 5.74) is 0. The van der Waals surface area contributed by atoms with Gasteiger partial charge in [-0.2, -0.15) is 0 Å². The van der Waals surface area contributed by atoms with Crippen LogP contribution in [0.4, 0.5) is 0 Å². The van der Waals surface area contributed by atoms with Gasteiger partial charge in [-0.05, 0) is 0 Å². The Hall–Kier alpha value is 2.25. The molecule has 0 aliphatic rings. The van der Waals surface area contributed by atoms with Gasteiger partial charge in [0.05, 0.1) is 0 Å². The van der Waals surface area contributed by atoms with Gasteiger partial charge in [-0.1, -0.05) is 0 Å². The van der Waals surface area contributed by atoms with Crippen molar-refractivity contribution >= 4 is 69.7 Å². The fourth-order valence-corrected chi connectivity index (χ4v) is 408. The van der Waals surface area contributed by atoms with Gasteiger partial charge < -0.3 is 0 Å². The molecule has 0 rings (SSSR count). The average molecular weight is 574 g/mol. The first-order chi connectivity index (χ1) is 11.2. The average Bonchev–Trinajstić information content (AvgIpc) is 2.16. The number of hydrogen-bond acceptors (Lipinski definition) is 0. The molecule has 0 aliphatic carbocycles. The van der Waals surface area contributed by atoms with Gasteiger partial charge in [-0.3, -0.25) is 0 Å². The van der Waals surface area contributed by atoms with E-state index in [0.29, 0.717) is 0 Å². The molecule has 0 heterocycles.